The lowest BCUT2D eigenvalue weighted by Gasteiger charge is -2.03. The van der Waals surface area contributed by atoms with Crippen LogP contribution in [0.5, 0.6) is 0 Å². The highest BCUT2D eigenvalue weighted by Gasteiger charge is 2.16. The van der Waals surface area contributed by atoms with Crippen LogP contribution in [0, 0.1) is 0 Å². The Balaban J connectivity index is 2.31. The van der Waals surface area contributed by atoms with Crippen molar-refractivity contribution in [3.05, 3.63) is 42.9 Å². The van der Waals surface area contributed by atoms with Crippen molar-refractivity contribution in [2.75, 3.05) is 6.26 Å². The van der Waals surface area contributed by atoms with E-state index in [2.05, 4.69) is 9.97 Å². The topological polar surface area (TPSA) is 67.8 Å². The molecule has 92 valence electrons. The van der Waals surface area contributed by atoms with E-state index in [4.69, 9.17) is 0 Å². The number of rotatable bonds is 2. The van der Waals surface area contributed by atoms with Crippen LogP contribution in [0.25, 0.3) is 22.3 Å². The van der Waals surface area contributed by atoms with Crippen molar-refractivity contribution in [3.63, 3.8) is 0 Å². The predicted molar refractivity (Wildman–Crippen MR) is 69.8 cm³/mol. The minimum Gasteiger partial charge on any atom is -0.360 e. The highest BCUT2D eigenvalue weighted by molar-refractivity contribution is 7.89. The van der Waals surface area contributed by atoms with Crippen LogP contribution in [-0.4, -0.2) is 28.6 Å². The van der Waals surface area contributed by atoms with Crippen LogP contribution < -0.4 is 0 Å². The molecule has 1 N–H and O–H groups in total. The SMILES string of the molecule is CS(=O)(=O)n1ccnc1-c1c[nH]c2ccccc12. The fourth-order valence-electron chi connectivity index (χ4n) is 2.00. The summed E-state index contributed by atoms with van der Waals surface area (Å²) in [5.41, 5.74) is 1.73. The predicted octanol–water partition coefficient (Wildman–Crippen LogP) is 1.84. The molecular weight excluding hydrogens is 250 g/mol. The quantitative estimate of drug-likeness (QED) is 0.765. The van der Waals surface area contributed by atoms with Crippen LogP contribution in [0.2, 0.25) is 0 Å². The van der Waals surface area contributed by atoms with E-state index in [0.29, 0.717) is 5.82 Å². The third kappa shape index (κ3) is 1.62. The number of benzene rings is 1. The molecule has 2 aromatic heterocycles. The molecule has 0 aliphatic heterocycles. The summed E-state index contributed by atoms with van der Waals surface area (Å²) >= 11 is 0. The number of hydrogen-bond donors (Lipinski definition) is 1. The largest absolute Gasteiger partial charge is 0.360 e. The van der Waals surface area contributed by atoms with Gasteiger partial charge in [0.15, 0.2) is 5.82 Å². The molecule has 0 saturated heterocycles. The molecule has 18 heavy (non-hydrogen) atoms. The average Bonchev–Trinajstić information content (AvgIpc) is 2.93. The molecule has 0 atom stereocenters. The molecular formula is C12H11N3O2S. The van der Waals surface area contributed by atoms with Crippen molar-refractivity contribution in [2.24, 2.45) is 0 Å². The molecule has 0 amide bonds. The molecule has 0 radical (unpaired) electrons. The molecule has 0 aliphatic carbocycles. The van der Waals surface area contributed by atoms with Crippen molar-refractivity contribution in [2.45, 2.75) is 0 Å². The van der Waals surface area contributed by atoms with Gasteiger partial charge in [-0.2, -0.15) is 0 Å². The second-order valence-electron chi connectivity index (χ2n) is 4.06. The van der Waals surface area contributed by atoms with E-state index in [1.807, 2.05) is 24.3 Å². The van der Waals surface area contributed by atoms with Gasteiger partial charge in [-0.05, 0) is 6.07 Å². The van der Waals surface area contributed by atoms with E-state index in [9.17, 15) is 8.42 Å². The van der Waals surface area contributed by atoms with Crippen LogP contribution in [0.3, 0.4) is 0 Å². The average molecular weight is 261 g/mol. The van der Waals surface area contributed by atoms with Crippen LogP contribution in [-0.2, 0) is 10.0 Å². The Morgan fingerprint density at radius 2 is 2.06 bits per heavy atom. The second-order valence-corrected chi connectivity index (χ2v) is 5.92. The maximum Gasteiger partial charge on any atom is 0.237 e. The molecule has 0 aliphatic rings. The number of H-pyrrole nitrogens is 1. The van der Waals surface area contributed by atoms with Crippen LogP contribution >= 0.6 is 0 Å². The number of aromatic amines is 1. The van der Waals surface area contributed by atoms with E-state index in [1.54, 1.807) is 6.20 Å². The number of fused-ring (bicyclic) bond motifs is 1. The zero-order chi connectivity index (χ0) is 12.8. The molecule has 0 bridgehead atoms. The number of para-hydroxylation sites is 1. The molecule has 6 heteroatoms. The third-order valence-electron chi connectivity index (χ3n) is 2.80. The van der Waals surface area contributed by atoms with Crippen molar-refractivity contribution in [1.82, 2.24) is 13.9 Å². The molecule has 2 heterocycles. The molecule has 3 rings (SSSR count). The summed E-state index contributed by atoms with van der Waals surface area (Å²) in [5, 5.41) is 0.952. The highest BCUT2D eigenvalue weighted by atomic mass is 32.2. The molecule has 0 fully saturated rings. The molecule has 3 aromatic rings. The van der Waals surface area contributed by atoms with Gasteiger partial charge in [-0.3, -0.25) is 0 Å². The standard InChI is InChI=1S/C12H11N3O2S/c1-18(16,17)15-7-6-13-12(15)10-8-14-11-5-3-2-4-9(10)11/h2-8,14H,1H3. The smallest absolute Gasteiger partial charge is 0.237 e. The maximum absolute atomic E-state index is 11.7. The van der Waals surface area contributed by atoms with Crippen LogP contribution in [0.4, 0.5) is 0 Å². The van der Waals surface area contributed by atoms with Gasteiger partial charge in [0.25, 0.3) is 0 Å². The van der Waals surface area contributed by atoms with Gasteiger partial charge in [0, 0.05) is 35.1 Å². The first-order valence-corrected chi connectivity index (χ1v) is 7.22. The van der Waals surface area contributed by atoms with E-state index in [-0.39, 0.29) is 0 Å². The van der Waals surface area contributed by atoms with E-state index in [1.165, 1.54) is 16.4 Å². The summed E-state index contributed by atoms with van der Waals surface area (Å²) in [7, 11) is -3.34. The minimum atomic E-state index is -3.34. The first-order valence-electron chi connectivity index (χ1n) is 5.38. The van der Waals surface area contributed by atoms with E-state index >= 15 is 0 Å². The lowest BCUT2D eigenvalue weighted by molar-refractivity contribution is 0.594. The number of nitrogens with one attached hydrogen (secondary N) is 1. The van der Waals surface area contributed by atoms with Crippen LogP contribution in [0.15, 0.2) is 42.9 Å². The lowest BCUT2D eigenvalue weighted by Crippen LogP contribution is -2.10. The monoisotopic (exact) mass is 261 g/mol. The van der Waals surface area contributed by atoms with Gasteiger partial charge >= 0.3 is 0 Å². The summed E-state index contributed by atoms with van der Waals surface area (Å²) in [6.07, 6.45) is 5.87. The molecule has 0 spiro atoms. The Kier molecular flexibility index (Phi) is 2.27. The zero-order valence-electron chi connectivity index (χ0n) is 9.66. The Morgan fingerprint density at radius 3 is 2.83 bits per heavy atom. The van der Waals surface area contributed by atoms with Gasteiger partial charge in [0.05, 0.1) is 6.26 Å². The zero-order valence-corrected chi connectivity index (χ0v) is 10.5. The Bertz CT molecular complexity index is 815. The Labute approximate surface area is 104 Å². The maximum atomic E-state index is 11.7. The van der Waals surface area contributed by atoms with Crippen molar-refractivity contribution >= 4 is 20.9 Å². The normalized spacial score (nSPS) is 12.1. The van der Waals surface area contributed by atoms with Crippen LogP contribution in [0.1, 0.15) is 0 Å². The fourth-order valence-corrected chi connectivity index (χ4v) is 2.74. The Hall–Kier alpha value is -2.08. The number of imidazole rings is 1. The summed E-state index contributed by atoms with van der Waals surface area (Å²) in [5.74, 6) is 0.426. The highest BCUT2D eigenvalue weighted by Crippen LogP contribution is 2.27. The summed E-state index contributed by atoms with van der Waals surface area (Å²) in [6, 6.07) is 7.70. The van der Waals surface area contributed by atoms with Crippen molar-refractivity contribution in [1.29, 1.82) is 0 Å². The lowest BCUT2D eigenvalue weighted by atomic mass is 10.2. The molecule has 5 nitrogen and oxygen atoms in total. The van der Waals surface area contributed by atoms with Gasteiger partial charge in [-0.15, -0.1) is 0 Å². The minimum absolute atomic E-state index is 0.426. The van der Waals surface area contributed by atoms with Gasteiger partial charge in [0.2, 0.25) is 10.0 Å². The van der Waals surface area contributed by atoms with Gasteiger partial charge < -0.3 is 4.98 Å². The fraction of sp³-hybridized carbons (Fsp3) is 0.0833. The number of nitrogens with zero attached hydrogens (tertiary/aromatic N) is 2. The first-order chi connectivity index (χ1) is 8.57. The van der Waals surface area contributed by atoms with Gasteiger partial charge in [-0.1, -0.05) is 18.2 Å². The van der Waals surface area contributed by atoms with E-state index in [0.717, 1.165) is 22.7 Å². The molecule has 0 saturated carbocycles. The van der Waals surface area contributed by atoms with Crippen molar-refractivity contribution < 1.29 is 8.42 Å². The summed E-state index contributed by atoms with van der Waals surface area (Å²) in [6.45, 7) is 0. The number of aromatic nitrogens is 3. The molecule has 1 aromatic carbocycles. The van der Waals surface area contributed by atoms with E-state index < -0.39 is 10.0 Å². The van der Waals surface area contributed by atoms with Gasteiger partial charge in [-0.25, -0.2) is 17.4 Å². The Morgan fingerprint density at radius 1 is 1.28 bits per heavy atom. The summed E-state index contributed by atoms with van der Waals surface area (Å²) < 4.78 is 24.5. The second kappa shape index (κ2) is 3.71. The van der Waals surface area contributed by atoms with Crippen molar-refractivity contribution in [3.8, 4) is 11.4 Å². The number of hydrogen-bond acceptors (Lipinski definition) is 3. The van der Waals surface area contributed by atoms with Gasteiger partial charge in [0.1, 0.15) is 0 Å². The molecule has 0 unspecified atom stereocenters. The summed E-state index contributed by atoms with van der Waals surface area (Å²) in [4.78, 5) is 7.25. The first kappa shape index (κ1) is 11.0. The third-order valence-corrected chi connectivity index (χ3v) is 3.80.